The molecule has 1 aliphatic heterocycles. The van der Waals surface area contributed by atoms with E-state index in [1.54, 1.807) is 12.1 Å². The van der Waals surface area contributed by atoms with Gasteiger partial charge in [-0.1, -0.05) is 13.8 Å². The van der Waals surface area contributed by atoms with Crippen LogP contribution in [-0.4, -0.2) is 59.3 Å². The predicted octanol–water partition coefficient (Wildman–Crippen LogP) is 2.33. The van der Waals surface area contributed by atoms with Gasteiger partial charge in [0.1, 0.15) is 0 Å². The van der Waals surface area contributed by atoms with E-state index in [1.165, 1.54) is 17.6 Å². The Morgan fingerprint density at radius 2 is 2.08 bits per heavy atom. The van der Waals surface area contributed by atoms with Crippen molar-refractivity contribution in [1.29, 1.82) is 0 Å². The summed E-state index contributed by atoms with van der Waals surface area (Å²) in [6, 6.07) is 3.24. The second kappa shape index (κ2) is 8.46. The van der Waals surface area contributed by atoms with Crippen LogP contribution in [-0.2, 0) is 11.2 Å². The van der Waals surface area contributed by atoms with Crippen LogP contribution in [0.1, 0.15) is 30.1 Å². The third-order valence-corrected chi connectivity index (χ3v) is 5.00. The van der Waals surface area contributed by atoms with Crippen LogP contribution in [0.25, 0.3) is 0 Å². The summed E-state index contributed by atoms with van der Waals surface area (Å²) in [6.45, 7) is 8.86. The second-order valence-corrected chi connectivity index (χ2v) is 7.69. The summed E-state index contributed by atoms with van der Waals surface area (Å²) < 4.78 is 5.05. The fourth-order valence-corrected chi connectivity index (χ4v) is 3.68. The zero-order valence-electron chi connectivity index (χ0n) is 15.1. The van der Waals surface area contributed by atoms with E-state index in [0.717, 1.165) is 32.7 Å². The highest BCUT2D eigenvalue weighted by molar-refractivity contribution is 7.14. The van der Waals surface area contributed by atoms with Crippen molar-refractivity contribution in [1.82, 2.24) is 14.8 Å². The van der Waals surface area contributed by atoms with Crippen LogP contribution in [0.3, 0.4) is 0 Å². The Bertz CT molecular complexity index is 733. The molecule has 2 aromatic heterocycles. The molecule has 1 aliphatic rings. The maximum Gasteiger partial charge on any atom is 0.293 e. The Hall–Kier alpha value is -2.19. The number of carbonyl (C=O) groups excluding carboxylic acids is 2. The first kappa shape index (κ1) is 18.6. The molecule has 0 unspecified atom stereocenters. The van der Waals surface area contributed by atoms with Crippen LogP contribution in [0.4, 0.5) is 5.13 Å². The first-order valence-electron chi connectivity index (χ1n) is 8.80. The number of anilines is 1. The van der Waals surface area contributed by atoms with Crippen LogP contribution >= 0.6 is 11.3 Å². The largest absolute Gasteiger partial charge is 0.459 e. The number of carbonyl (C=O) groups is 2. The number of piperazine rings is 1. The maximum atomic E-state index is 12.5. The van der Waals surface area contributed by atoms with Crippen LogP contribution in [0.5, 0.6) is 0 Å². The van der Waals surface area contributed by atoms with Gasteiger partial charge >= 0.3 is 0 Å². The lowest BCUT2D eigenvalue weighted by molar-refractivity contribution is -0.132. The van der Waals surface area contributed by atoms with Crippen LogP contribution in [0, 0.1) is 5.92 Å². The molecule has 2 amide bonds. The van der Waals surface area contributed by atoms with Gasteiger partial charge in [-0.25, -0.2) is 4.98 Å². The summed E-state index contributed by atoms with van der Waals surface area (Å²) in [5.41, 5.74) is 0.680. The Labute approximate surface area is 157 Å². The molecular weight excluding hydrogens is 352 g/mol. The number of nitrogens with zero attached hydrogens (tertiary/aromatic N) is 3. The van der Waals surface area contributed by atoms with E-state index < -0.39 is 0 Å². The van der Waals surface area contributed by atoms with Gasteiger partial charge in [-0.15, -0.1) is 11.3 Å². The van der Waals surface area contributed by atoms with Gasteiger partial charge in [0.2, 0.25) is 5.91 Å². The van der Waals surface area contributed by atoms with E-state index in [4.69, 9.17) is 4.42 Å². The van der Waals surface area contributed by atoms with Gasteiger partial charge in [0.25, 0.3) is 5.91 Å². The summed E-state index contributed by atoms with van der Waals surface area (Å²) in [5.74, 6) is 0.617. The standard InChI is InChI=1S/C18H24N4O3S/c1-13(2)11-21-5-7-22(8-6-21)16(23)10-14-12-26-18(19-14)20-17(24)15-4-3-9-25-15/h3-4,9,12-13H,5-8,10-11H2,1-2H3,(H,19,20,24). The molecule has 0 saturated carbocycles. The number of furan rings is 1. The topological polar surface area (TPSA) is 78.7 Å². The maximum absolute atomic E-state index is 12.5. The van der Waals surface area contributed by atoms with E-state index in [1.807, 2.05) is 10.3 Å². The molecule has 3 heterocycles. The first-order valence-corrected chi connectivity index (χ1v) is 9.68. The molecule has 0 radical (unpaired) electrons. The van der Waals surface area contributed by atoms with E-state index in [2.05, 4.69) is 29.0 Å². The van der Waals surface area contributed by atoms with Gasteiger partial charge in [0.05, 0.1) is 18.4 Å². The molecule has 1 fully saturated rings. The average Bonchev–Trinajstić information content (AvgIpc) is 3.27. The van der Waals surface area contributed by atoms with Crippen LogP contribution in [0.15, 0.2) is 28.2 Å². The minimum absolute atomic E-state index is 0.0865. The molecule has 1 saturated heterocycles. The minimum atomic E-state index is -0.344. The zero-order chi connectivity index (χ0) is 18.5. The number of amides is 2. The molecule has 26 heavy (non-hydrogen) atoms. The number of rotatable bonds is 6. The van der Waals surface area contributed by atoms with E-state index >= 15 is 0 Å². The third-order valence-electron chi connectivity index (χ3n) is 4.20. The molecule has 0 atom stereocenters. The molecule has 7 nitrogen and oxygen atoms in total. The molecule has 0 aliphatic carbocycles. The van der Waals surface area contributed by atoms with E-state index in [-0.39, 0.29) is 24.0 Å². The number of aromatic nitrogens is 1. The molecule has 2 aromatic rings. The van der Waals surface area contributed by atoms with Gasteiger partial charge < -0.3 is 9.32 Å². The van der Waals surface area contributed by atoms with Crippen molar-refractivity contribution in [3.05, 3.63) is 35.2 Å². The second-order valence-electron chi connectivity index (χ2n) is 6.83. The Morgan fingerprint density at radius 3 is 2.73 bits per heavy atom. The summed E-state index contributed by atoms with van der Waals surface area (Å²) >= 11 is 1.31. The Morgan fingerprint density at radius 1 is 1.31 bits per heavy atom. The number of nitrogens with one attached hydrogen (secondary N) is 1. The third kappa shape index (κ3) is 4.92. The van der Waals surface area contributed by atoms with Crippen LogP contribution in [0.2, 0.25) is 0 Å². The molecule has 0 bridgehead atoms. The lowest BCUT2D eigenvalue weighted by atomic mass is 10.2. The van der Waals surface area contributed by atoms with Crippen LogP contribution < -0.4 is 5.32 Å². The molecule has 0 aromatic carbocycles. The first-order chi connectivity index (χ1) is 12.5. The average molecular weight is 376 g/mol. The Balaban J connectivity index is 1.48. The van der Waals surface area contributed by atoms with Gasteiger partial charge in [-0.05, 0) is 18.1 Å². The van der Waals surface area contributed by atoms with Crippen molar-refractivity contribution in [2.24, 2.45) is 5.92 Å². The zero-order valence-corrected chi connectivity index (χ0v) is 15.9. The van der Waals surface area contributed by atoms with E-state index in [9.17, 15) is 9.59 Å². The van der Waals surface area contributed by atoms with Gasteiger partial charge in [-0.3, -0.25) is 19.8 Å². The highest BCUT2D eigenvalue weighted by Gasteiger charge is 2.22. The predicted molar refractivity (Wildman–Crippen MR) is 100 cm³/mol. The normalized spacial score (nSPS) is 15.4. The van der Waals surface area contributed by atoms with Crippen molar-refractivity contribution in [3.63, 3.8) is 0 Å². The summed E-state index contributed by atoms with van der Waals surface area (Å²) in [4.78, 5) is 33.1. The summed E-state index contributed by atoms with van der Waals surface area (Å²) in [7, 11) is 0. The molecule has 3 rings (SSSR count). The summed E-state index contributed by atoms with van der Waals surface area (Å²) in [5, 5.41) is 4.96. The Kier molecular flexibility index (Phi) is 6.05. The number of hydrogen-bond acceptors (Lipinski definition) is 6. The molecule has 8 heteroatoms. The van der Waals surface area contributed by atoms with Crippen molar-refractivity contribution in [3.8, 4) is 0 Å². The fraction of sp³-hybridized carbons (Fsp3) is 0.500. The summed E-state index contributed by atoms with van der Waals surface area (Å²) in [6.07, 6.45) is 1.71. The van der Waals surface area contributed by atoms with Crippen molar-refractivity contribution < 1.29 is 14.0 Å². The molecule has 0 spiro atoms. The quantitative estimate of drug-likeness (QED) is 0.837. The lowest BCUT2D eigenvalue weighted by Gasteiger charge is -2.35. The van der Waals surface area contributed by atoms with Gasteiger partial charge in [0, 0.05) is 38.1 Å². The minimum Gasteiger partial charge on any atom is -0.459 e. The highest BCUT2D eigenvalue weighted by Crippen LogP contribution is 2.18. The lowest BCUT2D eigenvalue weighted by Crippen LogP contribution is -2.49. The fourth-order valence-electron chi connectivity index (χ4n) is 2.98. The molecular formula is C18H24N4O3S. The van der Waals surface area contributed by atoms with Crippen molar-refractivity contribution >= 4 is 28.3 Å². The highest BCUT2D eigenvalue weighted by atomic mass is 32.1. The molecule has 1 N–H and O–H groups in total. The van der Waals surface area contributed by atoms with Gasteiger partial charge in [0.15, 0.2) is 10.9 Å². The monoisotopic (exact) mass is 376 g/mol. The SMILES string of the molecule is CC(C)CN1CCN(C(=O)Cc2csc(NC(=O)c3ccco3)n2)CC1. The molecule has 140 valence electrons. The smallest absolute Gasteiger partial charge is 0.293 e. The number of thiazole rings is 1. The number of hydrogen-bond donors (Lipinski definition) is 1. The van der Waals surface area contributed by atoms with Crippen molar-refractivity contribution in [2.75, 3.05) is 38.0 Å². The van der Waals surface area contributed by atoms with Gasteiger partial charge in [-0.2, -0.15) is 0 Å². The van der Waals surface area contributed by atoms with E-state index in [0.29, 0.717) is 16.7 Å². The van der Waals surface area contributed by atoms with Crippen molar-refractivity contribution in [2.45, 2.75) is 20.3 Å².